The van der Waals surface area contributed by atoms with Gasteiger partial charge in [0.05, 0.1) is 5.38 Å². The molecule has 1 aliphatic rings. The molecule has 65 valence electrons. The van der Waals surface area contributed by atoms with E-state index < -0.39 is 0 Å². The van der Waals surface area contributed by atoms with Crippen LogP contribution in [0, 0.1) is 11.3 Å². The van der Waals surface area contributed by atoms with Crippen LogP contribution < -0.4 is 11.1 Å². The summed E-state index contributed by atoms with van der Waals surface area (Å²) >= 11 is 6.09. The van der Waals surface area contributed by atoms with Crippen molar-refractivity contribution in [1.82, 2.24) is 5.32 Å². The largest absolute Gasteiger partial charge is 0.330 e. The maximum Gasteiger partial charge on any atom is 0.0523 e. The van der Waals surface area contributed by atoms with Crippen LogP contribution in [0.2, 0.25) is 0 Å². The van der Waals surface area contributed by atoms with Gasteiger partial charge in [-0.3, -0.25) is 0 Å². The van der Waals surface area contributed by atoms with Crippen molar-refractivity contribution in [2.24, 2.45) is 17.1 Å². The molecule has 1 rings (SSSR count). The maximum atomic E-state index is 6.09. The monoisotopic (exact) mass is 175 g/mol. The van der Waals surface area contributed by atoms with Crippen LogP contribution in [0.15, 0.2) is 0 Å². The molecule has 0 bridgehead atoms. The second-order valence-corrected chi connectivity index (χ2v) is 4.46. The molecule has 2 nitrogen and oxygen atoms in total. The van der Waals surface area contributed by atoms with Crippen LogP contribution in [-0.4, -0.2) is 25.0 Å². The minimum Gasteiger partial charge on any atom is -0.330 e. The first-order chi connectivity index (χ1) is 5.08. The predicted octanol–water partition coefficient (Wildman–Crippen LogP) is 0.813. The number of hydrogen-bond donors (Lipinski definition) is 1. The highest BCUT2D eigenvalue weighted by Gasteiger charge is 2.37. The van der Waals surface area contributed by atoms with Gasteiger partial charge in [0.15, 0.2) is 0 Å². The van der Waals surface area contributed by atoms with E-state index in [9.17, 15) is 0 Å². The quantitative estimate of drug-likeness (QED) is 0.621. The molecule has 3 heteroatoms. The Balaban J connectivity index is 2.58. The van der Waals surface area contributed by atoms with E-state index in [1.807, 2.05) is 0 Å². The van der Waals surface area contributed by atoms with Gasteiger partial charge < -0.3 is 5.73 Å². The van der Waals surface area contributed by atoms with E-state index in [-0.39, 0.29) is 10.8 Å². The molecule has 0 amide bonds. The summed E-state index contributed by atoms with van der Waals surface area (Å²) in [6.45, 7) is 6.70. The Bertz CT molecular complexity index is 136. The Morgan fingerprint density at radius 1 is 1.55 bits per heavy atom. The van der Waals surface area contributed by atoms with Crippen molar-refractivity contribution >= 4 is 11.6 Å². The summed E-state index contributed by atoms with van der Waals surface area (Å²) < 4.78 is 0. The summed E-state index contributed by atoms with van der Waals surface area (Å²) in [5.74, 6) is 0.467. The van der Waals surface area contributed by atoms with Gasteiger partial charge in [0, 0.05) is 13.1 Å². The van der Waals surface area contributed by atoms with Crippen LogP contribution in [0.4, 0.5) is 0 Å². The first-order valence-electron chi connectivity index (χ1n) is 4.05. The second-order valence-electron chi connectivity index (χ2n) is 3.90. The Morgan fingerprint density at radius 2 is 2.18 bits per heavy atom. The highest BCUT2D eigenvalue weighted by molar-refractivity contribution is 6.21. The summed E-state index contributed by atoms with van der Waals surface area (Å²) in [5, 5.41) is 4.47. The molecule has 1 aliphatic heterocycles. The standard InChI is InChI=1S/C8H16ClN2/c1-8(2,5-10)6-3-11-4-7(6)9/h6-7H,3-5,10H2,1-2H3. The SMILES string of the molecule is CC(C)(CN)C1C[N]CC1Cl. The van der Waals surface area contributed by atoms with E-state index in [0.29, 0.717) is 12.5 Å². The van der Waals surface area contributed by atoms with Gasteiger partial charge in [0.1, 0.15) is 0 Å². The lowest BCUT2D eigenvalue weighted by Crippen LogP contribution is -2.36. The number of nitrogens with zero attached hydrogens (tertiary/aromatic N) is 1. The van der Waals surface area contributed by atoms with E-state index in [2.05, 4.69) is 19.2 Å². The zero-order chi connectivity index (χ0) is 8.48. The minimum absolute atomic E-state index is 0.145. The van der Waals surface area contributed by atoms with Gasteiger partial charge in [-0.2, -0.15) is 0 Å². The van der Waals surface area contributed by atoms with Crippen molar-refractivity contribution in [2.75, 3.05) is 19.6 Å². The molecule has 0 aromatic rings. The fourth-order valence-corrected chi connectivity index (χ4v) is 1.98. The number of rotatable bonds is 2. The minimum atomic E-state index is 0.145. The second kappa shape index (κ2) is 3.30. The number of halogens is 1. The fourth-order valence-electron chi connectivity index (χ4n) is 1.47. The van der Waals surface area contributed by atoms with E-state index in [0.717, 1.165) is 13.1 Å². The molecule has 2 atom stereocenters. The molecule has 1 saturated heterocycles. The van der Waals surface area contributed by atoms with Crippen molar-refractivity contribution in [3.05, 3.63) is 0 Å². The van der Waals surface area contributed by atoms with Gasteiger partial charge in [0.2, 0.25) is 0 Å². The first kappa shape index (κ1) is 9.30. The van der Waals surface area contributed by atoms with Crippen LogP contribution in [-0.2, 0) is 0 Å². The molecule has 0 saturated carbocycles. The molecule has 2 unspecified atom stereocenters. The number of alkyl halides is 1. The molecule has 1 fully saturated rings. The van der Waals surface area contributed by atoms with Crippen molar-refractivity contribution in [2.45, 2.75) is 19.2 Å². The fraction of sp³-hybridized carbons (Fsp3) is 1.00. The molecule has 1 radical (unpaired) electrons. The van der Waals surface area contributed by atoms with Gasteiger partial charge in [0.25, 0.3) is 0 Å². The van der Waals surface area contributed by atoms with Gasteiger partial charge in [-0.15, -0.1) is 11.6 Å². The Hall–Kier alpha value is 0.210. The van der Waals surface area contributed by atoms with E-state index in [4.69, 9.17) is 17.3 Å². The van der Waals surface area contributed by atoms with Crippen molar-refractivity contribution in [1.29, 1.82) is 0 Å². The van der Waals surface area contributed by atoms with Crippen LogP contribution in [0.25, 0.3) is 0 Å². The molecule has 0 aliphatic carbocycles. The summed E-state index contributed by atoms with van der Waals surface area (Å²) in [5.41, 5.74) is 5.79. The highest BCUT2D eigenvalue weighted by Crippen LogP contribution is 2.33. The van der Waals surface area contributed by atoms with Gasteiger partial charge in [-0.25, -0.2) is 5.32 Å². The molecule has 1 heterocycles. The summed E-state index contributed by atoms with van der Waals surface area (Å²) in [6, 6.07) is 0. The van der Waals surface area contributed by atoms with Gasteiger partial charge in [-0.1, -0.05) is 13.8 Å². The molecule has 0 aromatic carbocycles. The predicted molar refractivity (Wildman–Crippen MR) is 47.8 cm³/mol. The summed E-state index contributed by atoms with van der Waals surface area (Å²) in [7, 11) is 0. The third-order valence-electron chi connectivity index (χ3n) is 2.60. The van der Waals surface area contributed by atoms with E-state index >= 15 is 0 Å². The van der Waals surface area contributed by atoms with E-state index in [1.54, 1.807) is 0 Å². The average molecular weight is 176 g/mol. The molecular weight excluding hydrogens is 160 g/mol. The van der Waals surface area contributed by atoms with Gasteiger partial charge >= 0.3 is 0 Å². The third-order valence-corrected chi connectivity index (χ3v) is 3.04. The van der Waals surface area contributed by atoms with Crippen molar-refractivity contribution < 1.29 is 0 Å². The van der Waals surface area contributed by atoms with Gasteiger partial charge in [-0.05, 0) is 17.9 Å². The molecule has 11 heavy (non-hydrogen) atoms. The third kappa shape index (κ3) is 1.86. The Morgan fingerprint density at radius 3 is 2.55 bits per heavy atom. The lowest BCUT2D eigenvalue weighted by atomic mass is 9.78. The average Bonchev–Trinajstić information content (AvgIpc) is 2.36. The van der Waals surface area contributed by atoms with Crippen LogP contribution in [0.3, 0.4) is 0 Å². The van der Waals surface area contributed by atoms with Crippen LogP contribution in [0.1, 0.15) is 13.8 Å². The number of nitrogens with two attached hydrogens (primary N) is 1. The zero-order valence-electron chi connectivity index (χ0n) is 7.18. The maximum absolute atomic E-state index is 6.09. The topological polar surface area (TPSA) is 40.1 Å². The van der Waals surface area contributed by atoms with Crippen molar-refractivity contribution in [3.8, 4) is 0 Å². The molecular formula is C8H16ClN2. The normalized spacial score (nSPS) is 32.7. The smallest absolute Gasteiger partial charge is 0.0523 e. The lowest BCUT2D eigenvalue weighted by Gasteiger charge is -2.31. The summed E-state index contributed by atoms with van der Waals surface area (Å²) in [4.78, 5) is 0. The van der Waals surface area contributed by atoms with Crippen LogP contribution in [0.5, 0.6) is 0 Å². The molecule has 0 aromatic heterocycles. The zero-order valence-corrected chi connectivity index (χ0v) is 7.93. The first-order valence-corrected chi connectivity index (χ1v) is 4.49. The molecule has 0 spiro atoms. The molecule has 2 N–H and O–H groups in total. The Labute approximate surface area is 73.5 Å². The summed E-state index contributed by atoms with van der Waals surface area (Å²) in [6.07, 6.45) is 0. The Kier molecular flexibility index (Phi) is 2.79. The number of hydrogen-bond acceptors (Lipinski definition) is 1. The van der Waals surface area contributed by atoms with Crippen molar-refractivity contribution in [3.63, 3.8) is 0 Å². The van der Waals surface area contributed by atoms with E-state index in [1.165, 1.54) is 0 Å². The highest BCUT2D eigenvalue weighted by atomic mass is 35.5. The van der Waals surface area contributed by atoms with Crippen LogP contribution >= 0.6 is 11.6 Å². The lowest BCUT2D eigenvalue weighted by molar-refractivity contribution is 0.243.